The van der Waals surface area contributed by atoms with Crippen LogP contribution in [0.4, 0.5) is 24.8 Å². The molecule has 1 aliphatic carbocycles. The summed E-state index contributed by atoms with van der Waals surface area (Å²) in [6, 6.07) is 2.18. The number of hydrogen-bond acceptors (Lipinski definition) is 7. The molecule has 162 valence electrons. The monoisotopic (exact) mass is 424 g/mol. The molecule has 1 aromatic rings. The van der Waals surface area contributed by atoms with Crippen LogP contribution >= 0.6 is 0 Å². The number of halogens is 3. The summed E-state index contributed by atoms with van der Waals surface area (Å²) in [6.07, 6.45) is -5.03. The predicted molar refractivity (Wildman–Crippen MR) is 101 cm³/mol. The number of nitrogens with zero attached hydrogens (tertiary/aromatic N) is 4. The highest BCUT2D eigenvalue weighted by atomic mass is 19.4. The van der Waals surface area contributed by atoms with Crippen molar-refractivity contribution in [2.75, 3.05) is 36.0 Å². The highest BCUT2D eigenvalue weighted by Gasteiger charge is 2.56. The van der Waals surface area contributed by atoms with Gasteiger partial charge in [-0.15, -0.1) is 0 Å². The Bertz CT molecular complexity index is 889. The van der Waals surface area contributed by atoms with Crippen molar-refractivity contribution in [1.29, 1.82) is 5.26 Å². The Labute approximate surface area is 172 Å². The largest absolute Gasteiger partial charge is 0.466 e. The number of alkyl halides is 3. The van der Waals surface area contributed by atoms with Gasteiger partial charge in [-0.25, -0.2) is 4.98 Å². The molecule has 1 saturated carbocycles. The van der Waals surface area contributed by atoms with E-state index in [1.54, 1.807) is 24.8 Å². The molecule has 1 N–H and O–H groups in total. The third kappa shape index (κ3) is 3.45. The van der Waals surface area contributed by atoms with E-state index in [0.717, 1.165) is 6.07 Å². The second-order valence-electron chi connectivity index (χ2n) is 8.20. The fourth-order valence-electron chi connectivity index (χ4n) is 4.64. The molecule has 0 bridgehead atoms. The highest BCUT2D eigenvalue weighted by Crippen LogP contribution is 2.54. The van der Waals surface area contributed by atoms with Crippen LogP contribution in [0, 0.1) is 29.1 Å². The number of aliphatic hydroxyl groups is 1. The van der Waals surface area contributed by atoms with E-state index in [1.165, 1.54) is 4.90 Å². The van der Waals surface area contributed by atoms with E-state index >= 15 is 0 Å². The number of nitriles is 1. The number of carbonyl (C=O) groups is 1. The topological polar surface area (TPSA) is 89.7 Å². The van der Waals surface area contributed by atoms with Gasteiger partial charge in [0, 0.05) is 26.1 Å². The number of anilines is 2. The van der Waals surface area contributed by atoms with Gasteiger partial charge >= 0.3 is 12.1 Å². The Balaban J connectivity index is 1.58. The molecule has 3 aliphatic rings. The van der Waals surface area contributed by atoms with Crippen molar-refractivity contribution < 1.29 is 27.8 Å². The summed E-state index contributed by atoms with van der Waals surface area (Å²) in [5, 5.41) is 19.2. The van der Waals surface area contributed by atoms with Gasteiger partial charge in [0.25, 0.3) is 0 Å². The molecule has 3 fully saturated rings. The molecule has 2 unspecified atom stereocenters. The number of hydrogen-bond donors (Lipinski definition) is 1. The molecule has 10 heteroatoms. The molecule has 0 amide bonds. The fourth-order valence-corrected chi connectivity index (χ4v) is 4.64. The van der Waals surface area contributed by atoms with Crippen molar-refractivity contribution in [2.45, 2.75) is 38.6 Å². The Morgan fingerprint density at radius 3 is 2.53 bits per heavy atom. The molecule has 30 heavy (non-hydrogen) atoms. The molecule has 3 heterocycles. The third-order valence-corrected chi connectivity index (χ3v) is 6.51. The predicted octanol–water partition coefficient (Wildman–Crippen LogP) is 2.18. The molecule has 4 atom stereocenters. The van der Waals surface area contributed by atoms with Crippen LogP contribution in [0.5, 0.6) is 0 Å². The zero-order valence-corrected chi connectivity index (χ0v) is 16.7. The first-order chi connectivity index (χ1) is 14.2. The maximum Gasteiger partial charge on any atom is 0.417 e. The van der Waals surface area contributed by atoms with Gasteiger partial charge in [-0.2, -0.15) is 18.4 Å². The first-order valence-corrected chi connectivity index (χ1v) is 10.0. The minimum Gasteiger partial charge on any atom is -0.466 e. The van der Waals surface area contributed by atoms with E-state index in [-0.39, 0.29) is 41.9 Å². The van der Waals surface area contributed by atoms with Crippen LogP contribution in [-0.4, -0.2) is 54.4 Å². The van der Waals surface area contributed by atoms with Crippen molar-refractivity contribution in [1.82, 2.24) is 4.98 Å². The minimum absolute atomic E-state index is 0.0382. The maximum atomic E-state index is 13.7. The Morgan fingerprint density at radius 1 is 1.37 bits per heavy atom. The van der Waals surface area contributed by atoms with Crippen molar-refractivity contribution in [3.05, 3.63) is 17.2 Å². The molecule has 7 nitrogen and oxygen atoms in total. The van der Waals surface area contributed by atoms with E-state index < -0.39 is 29.4 Å². The second kappa shape index (κ2) is 7.30. The van der Waals surface area contributed by atoms with Crippen LogP contribution in [-0.2, 0) is 15.7 Å². The number of esters is 1. The van der Waals surface area contributed by atoms with Gasteiger partial charge in [0.2, 0.25) is 0 Å². The van der Waals surface area contributed by atoms with Crippen LogP contribution in [0.2, 0.25) is 0 Å². The van der Waals surface area contributed by atoms with E-state index in [2.05, 4.69) is 4.98 Å². The van der Waals surface area contributed by atoms with Crippen molar-refractivity contribution in [3.8, 4) is 6.07 Å². The lowest BCUT2D eigenvalue weighted by Gasteiger charge is -2.45. The lowest BCUT2D eigenvalue weighted by atomic mass is 9.99. The van der Waals surface area contributed by atoms with Gasteiger partial charge < -0.3 is 19.6 Å². The number of pyridine rings is 1. The van der Waals surface area contributed by atoms with Crippen molar-refractivity contribution >= 4 is 17.6 Å². The summed E-state index contributed by atoms with van der Waals surface area (Å²) in [7, 11) is 0. The molecule has 2 aliphatic heterocycles. The SMILES string of the molecule is CCOC(=O)CC1C2CN(c3cc(C(F)(F)F)c(C#N)c(N4C[C@@H](O)[C@@H]4C)n3)CC12. The average molecular weight is 424 g/mol. The van der Waals surface area contributed by atoms with E-state index in [1.807, 2.05) is 0 Å². The number of β-amino-alcohol motifs (C(OH)–C–C–N with tert-alkyl or cyclic N) is 1. The Kier molecular flexibility index (Phi) is 5.04. The quantitative estimate of drug-likeness (QED) is 0.725. The molecule has 2 saturated heterocycles. The van der Waals surface area contributed by atoms with Crippen LogP contribution < -0.4 is 9.80 Å². The van der Waals surface area contributed by atoms with Gasteiger partial charge in [-0.3, -0.25) is 4.79 Å². The highest BCUT2D eigenvalue weighted by molar-refractivity contribution is 5.70. The molecule has 0 spiro atoms. The third-order valence-electron chi connectivity index (χ3n) is 6.51. The van der Waals surface area contributed by atoms with Gasteiger partial charge in [-0.1, -0.05) is 0 Å². The first kappa shape index (κ1) is 20.7. The lowest BCUT2D eigenvalue weighted by Crippen LogP contribution is -2.59. The van der Waals surface area contributed by atoms with Gasteiger partial charge in [0.15, 0.2) is 0 Å². The number of aromatic nitrogens is 1. The van der Waals surface area contributed by atoms with Gasteiger partial charge in [0.05, 0.1) is 24.3 Å². The summed E-state index contributed by atoms with van der Waals surface area (Å²) in [5.74, 6) is 0.553. The number of piperidine rings is 1. The molecule has 0 aromatic carbocycles. The van der Waals surface area contributed by atoms with Crippen LogP contribution in [0.1, 0.15) is 31.4 Å². The second-order valence-corrected chi connectivity index (χ2v) is 8.20. The minimum atomic E-state index is -4.70. The van der Waals surface area contributed by atoms with Gasteiger partial charge in [-0.05, 0) is 37.7 Å². The Hall–Kier alpha value is -2.54. The van der Waals surface area contributed by atoms with E-state index in [4.69, 9.17) is 4.74 Å². The number of ether oxygens (including phenoxy) is 1. The van der Waals surface area contributed by atoms with Crippen LogP contribution in [0.15, 0.2) is 6.07 Å². The molecular weight excluding hydrogens is 401 g/mol. The maximum absolute atomic E-state index is 13.7. The smallest absolute Gasteiger partial charge is 0.417 e. The zero-order chi connectivity index (χ0) is 21.8. The fraction of sp³-hybridized carbons (Fsp3) is 0.650. The number of fused-ring (bicyclic) bond motifs is 1. The van der Waals surface area contributed by atoms with Crippen LogP contribution in [0.25, 0.3) is 0 Å². The molecule has 4 rings (SSSR count). The van der Waals surface area contributed by atoms with Gasteiger partial charge in [0.1, 0.15) is 23.3 Å². The summed E-state index contributed by atoms with van der Waals surface area (Å²) in [5.41, 5.74) is -1.53. The number of aliphatic hydroxyl groups excluding tert-OH is 1. The molecular formula is C20H23F3N4O3. The zero-order valence-electron chi connectivity index (χ0n) is 16.7. The molecule has 1 aromatic heterocycles. The number of carbonyl (C=O) groups excluding carboxylic acids is 1. The normalized spacial score (nSPS) is 29.8. The standard InChI is InChI=1S/C20H23F3N4O3/c1-3-30-18(29)4-11-13-7-26(8-14(11)13)17-5-15(20(21,22)23)12(6-24)19(25-17)27-9-16(28)10(27)2/h5,10-11,13-14,16,28H,3-4,7-9H2,1-2H3/t10-,11?,13?,14?,16+/m0/s1. The molecule has 0 radical (unpaired) electrons. The first-order valence-electron chi connectivity index (χ1n) is 10.0. The Morgan fingerprint density at radius 2 is 2.03 bits per heavy atom. The van der Waals surface area contributed by atoms with Crippen LogP contribution in [0.3, 0.4) is 0 Å². The number of rotatable bonds is 5. The van der Waals surface area contributed by atoms with Crippen molar-refractivity contribution in [2.24, 2.45) is 17.8 Å². The summed E-state index contributed by atoms with van der Waals surface area (Å²) >= 11 is 0. The summed E-state index contributed by atoms with van der Waals surface area (Å²) in [6.45, 7) is 4.93. The van der Waals surface area contributed by atoms with Crippen molar-refractivity contribution in [3.63, 3.8) is 0 Å². The summed E-state index contributed by atoms with van der Waals surface area (Å²) in [4.78, 5) is 19.4. The van der Waals surface area contributed by atoms with E-state index in [9.17, 15) is 28.3 Å². The summed E-state index contributed by atoms with van der Waals surface area (Å²) < 4.78 is 46.0. The lowest BCUT2D eigenvalue weighted by molar-refractivity contribution is -0.143. The average Bonchev–Trinajstić information content (AvgIpc) is 3.12. The van der Waals surface area contributed by atoms with E-state index in [0.29, 0.717) is 26.1 Å².